The van der Waals surface area contributed by atoms with Crippen molar-refractivity contribution in [3.05, 3.63) is 71.7 Å². The number of pyridine rings is 2. The lowest BCUT2D eigenvalue weighted by Gasteiger charge is -2.22. The first-order chi connectivity index (χ1) is 15.6. The Kier molecular flexibility index (Phi) is 5.49. The third-order valence-electron chi connectivity index (χ3n) is 6.11. The van der Waals surface area contributed by atoms with Gasteiger partial charge >= 0.3 is 0 Å². The number of aryl methyl sites for hydroxylation is 1. The van der Waals surface area contributed by atoms with Gasteiger partial charge in [0.2, 0.25) is 5.88 Å². The highest BCUT2D eigenvalue weighted by Crippen LogP contribution is 2.26. The minimum atomic E-state index is 0.445. The molecule has 0 fully saturated rings. The number of methoxy groups -OCH3 is 1. The minimum Gasteiger partial charge on any atom is -0.481 e. The van der Waals surface area contributed by atoms with Crippen molar-refractivity contribution in [3.8, 4) is 11.6 Å². The molecule has 3 aromatic heterocycles. The SMILES string of the molecule is COc1ccc2nccc(-n3cc4c(n3)CCC(NCc3ccc(N(C)C)cc3)C4)c2n1. The van der Waals surface area contributed by atoms with Crippen molar-refractivity contribution in [2.45, 2.75) is 31.8 Å². The standard InChI is InChI=1S/C25H28N6O/c1-30(2)20-7-4-17(5-8-20)15-27-19-6-9-21-18(14-19)16-31(29-21)23-12-13-26-22-10-11-24(32-3)28-25(22)23/h4-5,7-8,10-13,16,19,27H,6,9,14-15H2,1-3H3. The van der Waals surface area contributed by atoms with Crippen molar-refractivity contribution in [2.24, 2.45) is 0 Å². The monoisotopic (exact) mass is 428 g/mol. The number of hydrogen-bond donors (Lipinski definition) is 1. The highest BCUT2D eigenvalue weighted by atomic mass is 16.5. The maximum atomic E-state index is 5.31. The van der Waals surface area contributed by atoms with Crippen LogP contribution in [0.15, 0.2) is 54.9 Å². The molecule has 1 unspecified atom stereocenters. The molecule has 32 heavy (non-hydrogen) atoms. The first kappa shape index (κ1) is 20.5. The zero-order chi connectivity index (χ0) is 22.1. The Labute approximate surface area is 188 Å². The van der Waals surface area contributed by atoms with Crippen LogP contribution in [-0.2, 0) is 19.4 Å². The minimum absolute atomic E-state index is 0.445. The summed E-state index contributed by atoms with van der Waals surface area (Å²) in [6.07, 6.45) is 6.98. The lowest BCUT2D eigenvalue weighted by atomic mass is 9.93. The maximum absolute atomic E-state index is 5.31. The molecule has 4 aromatic rings. The quantitative estimate of drug-likeness (QED) is 0.507. The van der Waals surface area contributed by atoms with Crippen molar-refractivity contribution < 1.29 is 4.74 Å². The predicted octanol–water partition coefficient (Wildman–Crippen LogP) is 3.54. The summed E-state index contributed by atoms with van der Waals surface area (Å²) in [7, 11) is 5.75. The molecule has 5 rings (SSSR count). The van der Waals surface area contributed by atoms with Gasteiger partial charge in [-0.05, 0) is 54.7 Å². The van der Waals surface area contributed by atoms with E-state index in [1.807, 2.05) is 22.9 Å². The average molecular weight is 429 g/mol. The number of fused-ring (bicyclic) bond motifs is 2. The number of aromatic nitrogens is 4. The molecule has 1 aliphatic carbocycles. The Morgan fingerprint density at radius 2 is 1.97 bits per heavy atom. The molecule has 164 valence electrons. The molecule has 3 heterocycles. The molecule has 0 spiro atoms. The van der Waals surface area contributed by atoms with Gasteiger partial charge in [0.05, 0.1) is 24.0 Å². The van der Waals surface area contributed by atoms with Crippen LogP contribution in [0.1, 0.15) is 23.2 Å². The average Bonchev–Trinajstić information content (AvgIpc) is 3.25. The van der Waals surface area contributed by atoms with Gasteiger partial charge in [-0.1, -0.05) is 12.1 Å². The van der Waals surface area contributed by atoms with Crippen molar-refractivity contribution in [2.75, 3.05) is 26.1 Å². The molecular formula is C25H28N6O. The van der Waals surface area contributed by atoms with E-state index in [1.54, 1.807) is 13.3 Å². The molecule has 0 radical (unpaired) electrons. The van der Waals surface area contributed by atoms with Crippen LogP contribution in [0.3, 0.4) is 0 Å². The number of nitrogens with one attached hydrogen (secondary N) is 1. The summed E-state index contributed by atoms with van der Waals surface area (Å²) in [5.74, 6) is 0.576. The van der Waals surface area contributed by atoms with E-state index in [1.165, 1.54) is 22.5 Å². The van der Waals surface area contributed by atoms with E-state index in [0.717, 1.165) is 42.5 Å². The van der Waals surface area contributed by atoms with Crippen LogP contribution in [0, 0.1) is 0 Å². The second-order valence-corrected chi connectivity index (χ2v) is 8.48. The topological polar surface area (TPSA) is 68.1 Å². The zero-order valence-electron chi connectivity index (χ0n) is 18.7. The molecular weight excluding hydrogens is 400 g/mol. The van der Waals surface area contributed by atoms with Gasteiger partial charge in [-0.25, -0.2) is 9.67 Å². The number of anilines is 1. The maximum Gasteiger partial charge on any atom is 0.213 e. The van der Waals surface area contributed by atoms with Gasteiger partial charge < -0.3 is 15.0 Å². The largest absolute Gasteiger partial charge is 0.481 e. The van der Waals surface area contributed by atoms with E-state index in [4.69, 9.17) is 9.84 Å². The molecule has 7 heteroatoms. The van der Waals surface area contributed by atoms with Crippen LogP contribution >= 0.6 is 0 Å². The van der Waals surface area contributed by atoms with Gasteiger partial charge in [-0.3, -0.25) is 4.98 Å². The molecule has 0 aliphatic heterocycles. The number of rotatable bonds is 6. The van der Waals surface area contributed by atoms with Gasteiger partial charge in [0, 0.05) is 50.8 Å². The summed E-state index contributed by atoms with van der Waals surface area (Å²) in [4.78, 5) is 11.2. The Bertz CT molecular complexity index is 1230. The highest BCUT2D eigenvalue weighted by molar-refractivity contribution is 5.83. The third-order valence-corrected chi connectivity index (χ3v) is 6.11. The van der Waals surface area contributed by atoms with Crippen molar-refractivity contribution in [1.29, 1.82) is 0 Å². The van der Waals surface area contributed by atoms with E-state index in [0.29, 0.717) is 11.9 Å². The van der Waals surface area contributed by atoms with E-state index in [-0.39, 0.29) is 0 Å². The first-order valence-electron chi connectivity index (χ1n) is 11.0. The van der Waals surface area contributed by atoms with Crippen molar-refractivity contribution in [1.82, 2.24) is 25.1 Å². The fourth-order valence-corrected chi connectivity index (χ4v) is 4.27. The van der Waals surface area contributed by atoms with Crippen molar-refractivity contribution in [3.63, 3.8) is 0 Å². The summed E-state index contributed by atoms with van der Waals surface area (Å²) < 4.78 is 7.26. The molecule has 0 saturated carbocycles. The van der Waals surface area contributed by atoms with E-state index >= 15 is 0 Å². The number of hydrogen-bond acceptors (Lipinski definition) is 6. The second kappa shape index (κ2) is 8.59. The van der Waals surface area contributed by atoms with Crippen LogP contribution < -0.4 is 15.0 Å². The van der Waals surface area contributed by atoms with Gasteiger partial charge in [0.25, 0.3) is 0 Å². The normalized spacial score (nSPS) is 15.5. The fourth-order valence-electron chi connectivity index (χ4n) is 4.27. The molecule has 1 aromatic carbocycles. The molecule has 0 bridgehead atoms. The van der Waals surface area contributed by atoms with Crippen LogP contribution in [0.2, 0.25) is 0 Å². The van der Waals surface area contributed by atoms with E-state index in [9.17, 15) is 0 Å². The highest BCUT2D eigenvalue weighted by Gasteiger charge is 2.22. The number of ether oxygens (including phenoxy) is 1. The number of nitrogens with zero attached hydrogens (tertiary/aromatic N) is 5. The van der Waals surface area contributed by atoms with E-state index < -0.39 is 0 Å². The summed E-state index contributed by atoms with van der Waals surface area (Å²) in [6.45, 7) is 0.876. The summed E-state index contributed by atoms with van der Waals surface area (Å²) >= 11 is 0. The Morgan fingerprint density at radius 1 is 1.12 bits per heavy atom. The molecule has 1 atom stereocenters. The lowest BCUT2D eigenvalue weighted by molar-refractivity contribution is 0.399. The van der Waals surface area contributed by atoms with Gasteiger partial charge in [-0.2, -0.15) is 5.10 Å². The summed E-state index contributed by atoms with van der Waals surface area (Å²) in [6, 6.07) is 14.9. The first-order valence-corrected chi connectivity index (χ1v) is 11.0. The van der Waals surface area contributed by atoms with E-state index in [2.05, 4.69) is 64.7 Å². The summed E-state index contributed by atoms with van der Waals surface area (Å²) in [5, 5.41) is 8.61. The van der Waals surface area contributed by atoms with Crippen molar-refractivity contribution >= 4 is 16.7 Å². The van der Waals surface area contributed by atoms with Crippen LogP contribution in [-0.4, -0.2) is 47.0 Å². The fraction of sp³-hybridized carbons (Fsp3) is 0.320. The second-order valence-electron chi connectivity index (χ2n) is 8.48. The summed E-state index contributed by atoms with van der Waals surface area (Å²) in [5.41, 5.74) is 7.54. The lowest BCUT2D eigenvalue weighted by Crippen LogP contribution is -2.33. The Hall–Kier alpha value is -3.45. The van der Waals surface area contributed by atoms with Gasteiger partial charge in [0.1, 0.15) is 5.52 Å². The van der Waals surface area contributed by atoms with Crippen LogP contribution in [0.4, 0.5) is 5.69 Å². The number of benzene rings is 1. The van der Waals surface area contributed by atoms with Crippen LogP contribution in [0.5, 0.6) is 5.88 Å². The molecule has 1 N–H and O–H groups in total. The third kappa shape index (κ3) is 4.03. The predicted molar refractivity (Wildman–Crippen MR) is 127 cm³/mol. The Balaban J connectivity index is 1.32. The molecule has 0 amide bonds. The molecule has 0 saturated heterocycles. The Morgan fingerprint density at radius 3 is 2.75 bits per heavy atom. The smallest absolute Gasteiger partial charge is 0.213 e. The van der Waals surface area contributed by atoms with Gasteiger partial charge in [-0.15, -0.1) is 0 Å². The van der Waals surface area contributed by atoms with Gasteiger partial charge in [0.15, 0.2) is 0 Å². The molecule has 1 aliphatic rings. The zero-order valence-corrected chi connectivity index (χ0v) is 18.7. The van der Waals surface area contributed by atoms with Crippen LogP contribution in [0.25, 0.3) is 16.7 Å². The molecule has 7 nitrogen and oxygen atoms in total.